The second-order valence-electron chi connectivity index (χ2n) is 8.97. The predicted molar refractivity (Wildman–Crippen MR) is 114 cm³/mol. The number of aryl methyl sites for hydroxylation is 1. The number of halogens is 1. The summed E-state index contributed by atoms with van der Waals surface area (Å²) in [5.74, 6) is 1.54. The van der Waals surface area contributed by atoms with E-state index in [1.54, 1.807) is 0 Å². The summed E-state index contributed by atoms with van der Waals surface area (Å²) in [6, 6.07) is 5.35. The third-order valence-electron chi connectivity index (χ3n) is 6.71. The van der Waals surface area contributed by atoms with Crippen molar-refractivity contribution >= 4 is 18.3 Å². The van der Waals surface area contributed by atoms with Crippen LogP contribution < -0.4 is 5.32 Å². The minimum Gasteiger partial charge on any atom is -0.329 e. The number of carbonyl (C=O) groups is 1. The molecule has 150 valence electrons. The van der Waals surface area contributed by atoms with Crippen molar-refractivity contribution < 1.29 is 4.79 Å². The molecule has 3 nitrogen and oxygen atoms in total. The van der Waals surface area contributed by atoms with Crippen LogP contribution in [0, 0.1) is 5.92 Å². The van der Waals surface area contributed by atoms with Crippen molar-refractivity contribution in [1.82, 2.24) is 10.2 Å². The molecule has 0 bridgehead atoms. The Labute approximate surface area is 170 Å². The SMILES string of the molecule is CCc1cc(C2CCCCC2)c2c(c1)C1[C@H](CC(C)C)NCCN1C2=O.Cl. The summed E-state index contributed by atoms with van der Waals surface area (Å²) in [6.45, 7) is 8.58. The number of fused-ring (bicyclic) bond motifs is 3. The molecule has 1 aromatic rings. The maximum Gasteiger partial charge on any atom is 0.255 e. The molecule has 0 aromatic heterocycles. The zero-order valence-electron chi connectivity index (χ0n) is 17.1. The molecule has 1 unspecified atom stereocenters. The normalized spacial score (nSPS) is 25.3. The highest BCUT2D eigenvalue weighted by Gasteiger charge is 2.45. The topological polar surface area (TPSA) is 32.3 Å². The Morgan fingerprint density at radius 1 is 1.15 bits per heavy atom. The van der Waals surface area contributed by atoms with Crippen molar-refractivity contribution in [3.05, 3.63) is 34.4 Å². The first-order valence-corrected chi connectivity index (χ1v) is 10.8. The molecular formula is C23H35ClN2O. The van der Waals surface area contributed by atoms with Gasteiger partial charge in [-0.3, -0.25) is 4.79 Å². The second-order valence-corrected chi connectivity index (χ2v) is 8.97. The van der Waals surface area contributed by atoms with Crippen LogP contribution in [0.2, 0.25) is 0 Å². The van der Waals surface area contributed by atoms with Gasteiger partial charge in [0.25, 0.3) is 5.91 Å². The largest absolute Gasteiger partial charge is 0.329 e. The van der Waals surface area contributed by atoms with E-state index in [9.17, 15) is 4.79 Å². The predicted octanol–water partition coefficient (Wildman–Crippen LogP) is 5.23. The number of hydrogen-bond donors (Lipinski definition) is 1. The molecule has 2 fully saturated rings. The van der Waals surface area contributed by atoms with E-state index < -0.39 is 0 Å². The average molecular weight is 391 g/mol. The van der Waals surface area contributed by atoms with Gasteiger partial charge in [-0.25, -0.2) is 0 Å². The highest BCUT2D eigenvalue weighted by molar-refractivity contribution is 6.01. The first kappa shape index (κ1) is 20.7. The molecule has 4 heteroatoms. The number of hydrogen-bond acceptors (Lipinski definition) is 2. The number of nitrogens with one attached hydrogen (secondary N) is 1. The van der Waals surface area contributed by atoms with Gasteiger partial charge in [-0.1, -0.05) is 52.2 Å². The summed E-state index contributed by atoms with van der Waals surface area (Å²) >= 11 is 0. The number of nitrogens with zero attached hydrogens (tertiary/aromatic N) is 1. The molecule has 2 atom stereocenters. The molecule has 2 aliphatic heterocycles. The maximum absolute atomic E-state index is 13.4. The lowest BCUT2D eigenvalue weighted by molar-refractivity contribution is 0.0609. The molecule has 2 heterocycles. The molecule has 1 N–H and O–H groups in total. The monoisotopic (exact) mass is 390 g/mol. The third-order valence-corrected chi connectivity index (χ3v) is 6.71. The van der Waals surface area contributed by atoms with Crippen LogP contribution in [0.25, 0.3) is 0 Å². The van der Waals surface area contributed by atoms with Crippen LogP contribution in [0.5, 0.6) is 0 Å². The van der Waals surface area contributed by atoms with Gasteiger partial charge in [-0.15, -0.1) is 12.4 Å². The van der Waals surface area contributed by atoms with E-state index in [1.165, 1.54) is 48.8 Å². The molecule has 1 amide bonds. The van der Waals surface area contributed by atoms with Crippen molar-refractivity contribution in [2.45, 2.75) is 83.7 Å². The molecule has 27 heavy (non-hydrogen) atoms. The summed E-state index contributed by atoms with van der Waals surface area (Å²) < 4.78 is 0. The Morgan fingerprint density at radius 3 is 2.52 bits per heavy atom. The van der Waals surface area contributed by atoms with Crippen molar-refractivity contribution in [3.8, 4) is 0 Å². The number of benzene rings is 1. The molecule has 1 saturated carbocycles. The summed E-state index contributed by atoms with van der Waals surface area (Å²) in [7, 11) is 0. The van der Waals surface area contributed by atoms with Crippen LogP contribution in [0.3, 0.4) is 0 Å². The lowest BCUT2D eigenvalue weighted by Gasteiger charge is -2.39. The lowest BCUT2D eigenvalue weighted by atomic mass is 9.79. The summed E-state index contributed by atoms with van der Waals surface area (Å²) in [5, 5.41) is 3.73. The van der Waals surface area contributed by atoms with Gasteiger partial charge in [0.2, 0.25) is 0 Å². The number of amides is 1. The van der Waals surface area contributed by atoms with E-state index in [4.69, 9.17) is 0 Å². The van der Waals surface area contributed by atoms with Gasteiger partial charge in [-0.2, -0.15) is 0 Å². The van der Waals surface area contributed by atoms with Crippen LogP contribution in [-0.4, -0.2) is 29.9 Å². The Bertz CT molecular complexity index is 681. The standard InChI is InChI=1S/C23H34N2O.ClH/c1-4-16-13-18(17-8-6-5-7-9-17)21-19(14-16)22-20(12-15(2)3)24-10-11-25(22)23(21)26;/h13-15,17,20,22,24H,4-12H2,1-3H3;1H/t20-,22?;/m0./s1. The molecule has 0 spiro atoms. The van der Waals surface area contributed by atoms with E-state index >= 15 is 0 Å². The van der Waals surface area contributed by atoms with Gasteiger partial charge >= 0.3 is 0 Å². The van der Waals surface area contributed by atoms with E-state index in [0.29, 0.717) is 23.8 Å². The van der Waals surface area contributed by atoms with Crippen molar-refractivity contribution in [1.29, 1.82) is 0 Å². The average Bonchev–Trinajstić information content (AvgIpc) is 2.95. The van der Waals surface area contributed by atoms with Gasteiger partial charge in [0.05, 0.1) is 6.04 Å². The minimum atomic E-state index is 0. The number of rotatable bonds is 4. The van der Waals surface area contributed by atoms with Gasteiger partial charge in [-0.05, 0) is 54.2 Å². The van der Waals surface area contributed by atoms with Crippen molar-refractivity contribution in [2.75, 3.05) is 13.1 Å². The molecule has 1 aliphatic carbocycles. The molecule has 3 aliphatic rings. The van der Waals surface area contributed by atoms with Crippen LogP contribution in [0.1, 0.15) is 98.3 Å². The van der Waals surface area contributed by atoms with Gasteiger partial charge < -0.3 is 10.2 Å². The van der Waals surface area contributed by atoms with Crippen LogP contribution >= 0.6 is 12.4 Å². The van der Waals surface area contributed by atoms with Crippen molar-refractivity contribution in [2.24, 2.45) is 5.92 Å². The highest BCUT2D eigenvalue weighted by Crippen LogP contribution is 2.45. The smallest absolute Gasteiger partial charge is 0.255 e. The van der Waals surface area contributed by atoms with E-state index in [1.807, 2.05) is 0 Å². The van der Waals surface area contributed by atoms with Crippen LogP contribution in [0.15, 0.2) is 12.1 Å². The lowest BCUT2D eigenvalue weighted by Crippen LogP contribution is -2.52. The Morgan fingerprint density at radius 2 is 1.85 bits per heavy atom. The van der Waals surface area contributed by atoms with Crippen LogP contribution in [-0.2, 0) is 6.42 Å². The summed E-state index contributed by atoms with van der Waals surface area (Å²) in [5.41, 5.74) is 5.19. The number of piperazine rings is 1. The van der Waals surface area contributed by atoms with E-state index in [-0.39, 0.29) is 18.4 Å². The fourth-order valence-corrected chi connectivity index (χ4v) is 5.49. The molecular weight excluding hydrogens is 356 g/mol. The summed E-state index contributed by atoms with van der Waals surface area (Å²) in [4.78, 5) is 15.6. The van der Waals surface area contributed by atoms with E-state index in [0.717, 1.165) is 31.5 Å². The van der Waals surface area contributed by atoms with Gasteiger partial charge in [0.15, 0.2) is 0 Å². The zero-order chi connectivity index (χ0) is 18.3. The molecule has 1 saturated heterocycles. The Balaban J connectivity index is 0.00000210. The van der Waals surface area contributed by atoms with Crippen molar-refractivity contribution in [3.63, 3.8) is 0 Å². The first-order chi connectivity index (χ1) is 12.6. The maximum atomic E-state index is 13.4. The second kappa shape index (κ2) is 8.53. The highest BCUT2D eigenvalue weighted by atomic mass is 35.5. The summed E-state index contributed by atoms with van der Waals surface area (Å²) in [6.07, 6.45) is 8.67. The Kier molecular flexibility index (Phi) is 6.53. The van der Waals surface area contributed by atoms with E-state index in [2.05, 4.69) is 43.1 Å². The molecule has 0 radical (unpaired) electrons. The van der Waals surface area contributed by atoms with Gasteiger partial charge in [0, 0.05) is 24.7 Å². The minimum absolute atomic E-state index is 0. The molecule has 1 aromatic carbocycles. The third kappa shape index (κ3) is 3.78. The fourth-order valence-electron chi connectivity index (χ4n) is 5.49. The molecule has 4 rings (SSSR count). The number of carbonyl (C=O) groups excluding carboxylic acids is 1. The quantitative estimate of drug-likeness (QED) is 0.763. The Hall–Kier alpha value is -1.06. The first-order valence-electron chi connectivity index (χ1n) is 10.8. The van der Waals surface area contributed by atoms with Gasteiger partial charge in [0.1, 0.15) is 0 Å². The fraction of sp³-hybridized carbons (Fsp3) is 0.696. The zero-order valence-corrected chi connectivity index (χ0v) is 17.9. The van der Waals surface area contributed by atoms with Crippen LogP contribution in [0.4, 0.5) is 0 Å².